The molecule has 2 amide bonds. The molecular formula is C22H25N3O3. The van der Waals surface area contributed by atoms with E-state index in [1.165, 1.54) is 0 Å². The summed E-state index contributed by atoms with van der Waals surface area (Å²) in [4.78, 5) is 32.0. The number of amides is 2. The van der Waals surface area contributed by atoms with Gasteiger partial charge in [-0.25, -0.2) is 0 Å². The predicted molar refractivity (Wildman–Crippen MR) is 106 cm³/mol. The number of pyridine rings is 1. The molecule has 6 heteroatoms. The third-order valence-corrected chi connectivity index (χ3v) is 5.74. The van der Waals surface area contributed by atoms with Crippen molar-refractivity contribution in [2.45, 2.75) is 38.1 Å². The van der Waals surface area contributed by atoms with Gasteiger partial charge in [-0.2, -0.15) is 0 Å². The third-order valence-electron chi connectivity index (χ3n) is 5.74. The summed E-state index contributed by atoms with van der Waals surface area (Å²) in [5.41, 5.74) is 2.66. The van der Waals surface area contributed by atoms with E-state index in [0.717, 1.165) is 42.0 Å². The molecule has 2 aliphatic rings. The predicted octanol–water partition coefficient (Wildman–Crippen LogP) is 2.82. The minimum absolute atomic E-state index is 0.000188. The number of likely N-dealkylation sites (tertiary alicyclic amines) is 1. The second kappa shape index (κ2) is 8.00. The fraction of sp³-hybridized carbons (Fsp3) is 0.409. The first-order valence-electron chi connectivity index (χ1n) is 9.83. The number of carbonyl (C=O) groups is 2. The Morgan fingerprint density at radius 2 is 2.18 bits per heavy atom. The standard InChI is InChI=1S/C22H25N3O3/c1-28-17-8-9-19-15(12-17)13-18(22(27)24-19)20-7-3-5-11-25(20)21(26)14-16-6-2-4-10-23-16/h2,4,6,8-10,12,18,20H,3,5,7,11,13-14H2,1H3,(H,24,27)/t18-,20-/m1/s1. The average Bonchev–Trinajstić information content (AvgIpc) is 2.73. The van der Waals surface area contributed by atoms with E-state index in [1.807, 2.05) is 41.3 Å². The van der Waals surface area contributed by atoms with E-state index >= 15 is 0 Å². The molecule has 2 atom stereocenters. The first-order valence-corrected chi connectivity index (χ1v) is 9.83. The number of nitrogens with one attached hydrogen (secondary N) is 1. The number of anilines is 1. The van der Waals surface area contributed by atoms with Gasteiger partial charge in [0, 0.05) is 30.2 Å². The van der Waals surface area contributed by atoms with Crippen LogP contribution >= 0.6 is 0 Å². The minimum atomic E-state index is -0.243. The first kappa shape index (κ1) is 18.5. The number of hydrogen-bond donors (Lipinski definition) is 1. The highest BCUT2D eigenvalue weighted by Crippen LogP contribution is 2.34. The fourth-order valence-electron chi connectivity index (χ4n) is 4.30. The summed E-state index contributed by atoms with van der Waals surface area (Å²) in [6.07, 6.45) is 5.46. The molecule has 0 unspecified atom stereocenters. The van der Waals surface area contributed by atoms with Crippen LogP contribution in [0.2, 0.25) is 0 Å². The normalized spacial score (nSPS) is 21.6. The molecule has 0 saturated carbocycles. The summed E-state index contributed by atoms with van der Waals surface area (Å²) >= 11 is 0. The zero-order valence-corrected chi connectivity index (χ0v) is 16.1. The topological polar surface area (TPSA) is 71.5 Å². The van der Waals surface area contributed by atoms with Gasteiger partial charge in [-0.15, -0.1) is 0 Å². The Bertz CT molecular complexity index is 869. The Hall–Kier alpha value is -2.89. The van der Waals surface area contributed by atoms with Crippen molar-refractivity contribution in [2.75, 3.05) is 19.0 Å². The average molecular weight is 379 g/mol. The highest BCUT2D eigenvalue weighted by molar-refractivity contribution is 5.96. The van der Waals surface area contributed by atoms with E-state index in [-0.39, 0.29) is 30.2 Å². The molecule has 1 fully saturated rings. The molecule has 1 N–H and O–H groups in total. The Morgan fingerprint density at radius 3 is 2.96 bits per heavy atom. The maximum Gasteiger partial charge on any atom is 0.229 e. The Morgan fingerprint density at radius 1 is 1.29 bits per heavy atom. The van der Waals surface area contributed by atoms with Crippen LogP contribution in [-0.4, -0.2) is 41.4 Å². The van der Waals surface area contributed by atoms with E-state index in [0.29, 0.717) is 13.0 Å². The van der Waals surface area contributed by atoms with Gasteiger partial charge in [0.2, 0.25) is 11.8 Å². The number of methoxy groups -OCH3 is 1. The van der Waals surface area contributed by atoms with Crippen LogP contribution in [-0.2, 0) is 22.4 Å². The van der Waals surface area contributed by atoms with E-state index in [2.05, 4.69) is 10.3 Å². The number of nitrogens with zero attached hydrogens (tertiary/aromatic N) is 2. The summed E-state index contributed by atoms with van der Waals surface area (Å²) in [6, 6.07) is 11.2. The van der Waals surface area contributed by atoms with E-state index in [4.69, 9.17) is 4.74 Å². The molecule has 2 aliphatic heterocycles. The zero-order valence-electron chi connectivity index (χ0n) is 16.1. The van der Waals surface area contributed by atoms with Gasteiger partial charge in [0.1, 0.15) is 5.75 Å². The van der Waals surface area contributed by atoms with Crippen LogP contribution < -0.4 is 10.1 Å². The lowest BCUT2D eigenvalue weighted by molar-refractivity contribution is -0.137. The second-order valence-corrected chi connectivity index (χ2v) is 7.47. The lowest BCUT2D eigenvalue weighted by Gasteiger charge is -2.41. The van der Waals surface area contributed by atoms with Crippen molar-refractivity contribution in [3.8, 4) is 5.75 Å². The number of carbonyl (C=O) groups excluding carboxylic acids is 2. The van der Waals surface area contributed by atoms with Crippen molar-refractivity contribution in [1.82, 2.24) is 9.88 Å². The molecule has 0 aliphatic carbocycles. The maximum absolute atomic E-state index is 13.0. The molecule has 0 radical (unpaired) electrons. The van der Waals surface area contributed by atoms with Gasteiger partial charge in [0.25, 0.3) is 0 Å². The summed E-state index contributed by atoms with van der Waals surface area (Å²) in [7, 11) is 1.64. The molecule has 2 aromatic rings. The summed E-state index contributed by atoms with van der Waals surface area (Å²) < 4.78 is 5.33. The highest BCUT2D eigenvalue weighted by atomic mass is 16.5. The summed E-state index contributed by atoms with van der Waals surface area (Å²) in [6.45, 7) is 0.699. The van der Waals surface area contributed by atoms with Crippen LogP contribution in [0.3, 0.4) is 0 Å². The number of piperidine rings is 1. The van der Waals surface area contributed by atoms with E-state index in [9.17, 15) is 9.59 Å². The summed E-state index contributed by atoms with van der Waals surface area (Å²) in [5, 5.41) is 3.02. The molecular weight excluding hydrogens is 354 g/mol. The van der Waals surface area contributed by atoms with Crippen LogP contribution in [0.5, 0.6) is 5.75 Å². The van der Waals surface area contributed by atoms with Crippen LogP contribution in [0.4, 0.5) is 5.69 Å². The zero-order chi connectivity index (χ0) is 19.5. The van der Waals surface area contributed by atoms with Crippen LogP contribution in [0.1, 0.15) is 30.5 Å². The van der Waals surface area contributed by atoms with Crippen molar-refractivity contribution in [1.29, 1.82) is 0 Å². The third kappa shape index (κ3) is 3.72. The van der Waals surface area contributed by atoms with Gasteiger partial charge in [0.15, 0.2) is 0 Å². The molecule has 0 spiro atoms. The molecule has 6 nitrogen and oxygen atoms in total. The fourth-order valence-corrected chi connectivity index (χ4v) is 4.30. The molecule has 146 valence electrons. The van der Waals surface area contributed by atoms with Crippen LogP contribution in [0.15, 0.2) is 42.6 Å². The Balaban J connectivity index is 1.55. The Labute approximate surface area is 164 Å². The number of rotatable bonds is 4. The van der Waals surface area contributed by atoms with Gasteiger partial charge < -0.3 is 15.0 Å². The van der Waals surface area contributed by atoms with Crippen molar-refractivity contribution < 1.29 is 14.3 Å². The number of ether oxygens (including phenoxy) is 1. The largest absolute Gasteiger partial charge is 0.497 e. The van der Waals surface area contributed by atoms with Gasteiger partial charge in [-0.05, 0) is 61.6 Å². The first-order chi connectivity index (χ1) is 13.7. The second-order valence-electron chi connectivity index (χ2n) is 7.47. The van der Waals surface area contributed by atoms with Crippen molar-refractivity contribution in [3.05, 3.63) is 53.9 Å². The monoisotopic (exact) mass is 379 g/mol. The van der Waals surface area contributed by atoms with E-state index < -0.39 is 0 Å². The molecule has 28 heavy (non-hydrogen) atoms. The lowest BCUT2D eigenvalue weighted by atomic mass is 9.82. The number of fused-ring (bicyclic) bond motifs is 1. The summed E-state index contributed by atoms with van der Waals surface area (Å²) in [5.74, 6) is 0.584. The van der Waals surface area contributed by atoms with E-state index in [1.54, 1.807) is 13.3 Å². The molecule has 1 saturated heterocycles. The number of benzene rings is 1. The van der Waals surface area contributed by atoms with Crippen molar-refractivity contribution >= 4 is 17.5 Å². The molecule has 1 aromatic heterocycles. The van der Waals surface area contributed by atoms with Gasteiger partial charge in [-0.1, -0.05) is 6.07 Å². The van der Waals surface area contributed by atoms with Crippen molar-refractivity contribution in [3.63, 3.8) is 0 Å². The van der Waals surface area contributed by atoms with Gasteiger partial charge in [-0.3, -0.25) is 14.6 Å². The van der Waals surface area contributed by atoms with Crippen LogP contribution in [0, 0.1) is 5.92 Å². The van der Waals surface area contributed by atoms with Crippen LogP contribution in [0.25, 0.3) is 0 Å². The molecule has 4 rings (SSSR count). The molecule has 3 heterocycles. The molecule has 1 aromatic carbocycles. The Kier molecular flexibility index (Phi) is 5.28. The highest BCUT2D eigenvalue weighted by Gasteiger charge is 2.39. The minimum Gasteiger partial charge on any atom is -0.497 e. The maximum atomic E-state index is 13.0. The lowest BCUT2D eigenvalue weighted by Crippen LogP contribution is -2.52. The SMILES string of the molecule is COc1ccc2c(c1)C[C@H]([C@H]1CCCCN1C(=O)Cc1ccccn1)C(=O)N2. The molecule has 0 bridgehead atoms. The van der Waals surface area contributed by atoms with Gasteiger partial charge in [0.05, 0.1) is 19.4 Å². The smallest absolute Gasteiger partial charge is 0.229 e. The quantitative estimate of drug-likeness (QED) is 0.887. The number of aromatic nitrogens is 1. The number of hydrogen-bond acceptors (Lipinski definition) is 4. The van der Waals surface area contributed by atoms with Gasteiger partial charge >= 0.3 is 0 Å². The van der Waals surface area contributed by atoms with Crippen molar-refractivity contribution in [2.24, 2.45) is 5.92 Å².